The first-order valence-corrected chi connectivity index (χ1v) is 10.1. The molecular formula is C17H19N5O4S. The van der Waals surface area contributed by atoms with E-state index in [2.05, 4.69) is 9.97 Å². The molecule has 0 spiro atoms. The Hall–Kier alpha value is -2.72. The predicted octanol–water partition coefficient (Wildman–Crippen LogP) is 0.944. The van der Waals surface area contributed by atoms with E-state index in [9.17, 15) is 13.2 Å². The molecule has 0 unspecified atom stereocenters. The topological polar surface area (TPSA) is 95.9 Å². The molecule has 2 aliphatic rings. The van der Waals surface area contributed by atoms with Gasteiger partial charge in [0, 0.05) is 44.3 Å². The van der Waals surface area contributed by atoms with Crippen molar-refractivity contribution in [2.75, 3.05) is 49.1 Å². The zero-order chi connectivity index (χ0) is 18.9. The highest BCUT2D eigenvalue weighted by molar-refractivity contribution is 7.89. The predicted molar refractivity (Wildman–Crippen MR) is 98.1 cm³/mol. The summed E-state index contributed by atoms with van der Waals surface area (Å²) >= 11 is 0. The maximum absolute atomic E-state index is 12.9. The number of amides is 1. The van der Waals surface area contributed by atoms with Crippen LogP contribution in [0.2, 0.25) is 0 Å². The molecule has 1 aromatic heterocycles. The van der Waals surface area contributed by atoms with E-state index in [4.69, 9.17) is 4.74 Å². The van der Waals surface area contributed by atoms with Gasteiger partial charge in [-0.25, -0.2) is 23.2 Å². The van der Waals surface area contributed by atoms with E-state index in [0.29, 0.717) is 51.0 Å². The summed E-state index contributed by atoms with van der Waals surface area (Å²) in [4.78, 5) is 23.7. The van der Waals surface area contributed by atoms with Gasteiger partial charge in [-0.15, -0.1) is 0 Å². The smallest absolute Gasteiger partial charge is 0.414 e. The second-order valence-corrected chi connectivity index (χ2v) is 8.14. The fourth-order valence-corrected chi connectivity index (χ4v) is 4.58. The normalized spacial score (nSPS) is 18.6. The van der Waals surface area contributed by atoms with Crippen molar-refractivity contribution in [3.8, 4) is 0 Å². The number of hydrogen-bond acceptors (Lipinski definition) is 7. The number of aromatic nitrogens is 2. The monoisotopic (exact) mass is 389 g/mol. The molecule has 2 aromatic rings. The number of piperazine rings is 1. The van der Waals surface area contributed by atoms with Crippen LogP contribution < -0.4 is 9.80 Å². The van der Waals surface area contributed by atoms with Crippen molar-refractivity contribution >= 4 is 27.8 Å². The third-order valence-corrected chi connectivity index (χ3v) is 6.53. The molecular weight excluding hydrogens is 370 g/mol. The van der Waals surface area contributed by atoms with Gasteiger partial charge in [-0.1, -0.05) is 0 Å². The second kappa shape index (κ2) is 7.12. The fourth-order valence-electron chi connectivity index (χ4n) is 3.16. The summed E-state index contributed by atoms with van der Waals surface area (Å²) in [6.45, 7) is 2.59. The zero-order valence-electron chi connectivity index (χ0n) is 14.6. The molecule has 10 heteroatoms. The molecule has 2 saturated heterocycles. The molecule has 0 radical (unpaired) electrons. The number of ether oxygens (including phenoxy) is 1. The van der Waals surface area contributed by atoms with Gasteiger partial charge in [0.2, 0.25) is 16.0 Å². The summed E-state index contributed by atoms with van der Waals surface area (Å²) in [6.07, 6.45) is 2.93. The van der Waals surface area contributed by atoms with Crippen molar-refractivity contribution in [3.63, 3.8) is 0 Å². The molecule has 0 N–H and O–H groups in total. The number of anilines is 2. The molecule has 1 aromatic carbocycles. The highest BCUT2D eigenvalue weighted by Gasteiger charge is 2.30. The van der Waals surface area contributed by atoms with Crippen LogP contribution in [-0.4, -0.2) is 68.1 Å². The number of hydrogen-bond donors (Lipinski definition) is 0. The number of carbonyl (C=O) groups excluding carboxylic acids is 1. The Balaban J connectivity index is 1.45. The summed E-state index contributed by atoms with van der Waals surface area (Å²) < 4.78 is 32.2. The third-order valence-electron chi connectivity index (χ3n) is 4.62. The summed E-state index contributed by atoms with van der Waals surface area (Å²) in [7, 11) is -3.59. The van der Waals surface area contributed by atoms with Crippen LogP contribution in [0.4, 0.5) is 16.4 Å². The van der Waals surface area contributed by atoms with Crippen LogP contribution in [0.3, 0.4) is 0 Å². The molecule has 4 rings (SSSR count). The molecule has 0 aliphatic carbocycles. The minimum atomic E-state index is -3.59. The number of cyclic esters (lactones) is 1. The van der Waals surface area contributed by atoms with Gasteiger partial charge in [0.05, 0.1) is 11.4 Å². The lowest BCUT2D eigenvalue weighted by Gasteiger charge is -2.33. The molecule has 1 amide bonds. The summed E-state index contributed by atoms with van der Waals surface area (Å²) in [5.41, 5.74) is 0.627. The quantitative estimate of drug-likeness (QED) is 0.768. The zero-order valence-corrected chi connectivity index (χ0v) is 15.4. The number of carbonyl (C=O) groups is 1. The van der Waals surface area contributed by atoms with Crippen molar-refractivity contribution in [1.29, 1.82) is 0 Å². The van der Waals surface area contributed by atoms with Crippen molar-refractivity contribution in [2.45, 2.75) is 4.90 Å². The Morgan fingerprint density at radius 2 is 1.59 bits per heavy atom. The van der Waals surface area contributed by atoms with Gasteiger partial charge < -0.3 is 9.64 Å². The van der Waals surface area contributed by atoms with Gasteiger partial charge in [0.25, 0.3) is 0 Å². The van der Waals surface area contributed by atoms with Crippen LogP contribution in [0.1, 0.15) is 0 Å². The van der Waals surface area contributed by atoms with E-state index in [-0.39, 0.29) is 4.90 Å². The molecule has 27 heavy (non-hydrogen) atoms. The van der Waals surface area contributed by atoms with E-state index in [1.54, 1.807) is 30.6 Å². The molecule has 9 nitrogen and oxygen atoms in total. The average molecular weight is 389 g/mol. The van der Waals surface area contributed by atoms with Gasteiger partial charge in [0.15, 0.2) is 0 Å². The highest BCUT2D eigenvalue weighted by Crippen LogP contribution is 2.24. The standard InChI is InChI=1S/C17H19N5O4S/c23-17-22(12-13-26-17)14-2-4-15(5-3-14)27(24,25)21-10-8-20(9-11-21)16-18-6-1-7-19-16/h1-7H,8-13H2. The lowest BCUT2D eigenvalue weighted by atomic mass is 10.3. The van der Waals surface area contributed by atoms with Crippen molar-refractivity contribution in [2.24, 2.45) is 0 Å². The maximum Gasteiger partial charge on any atom is 0.414 e. The van der Waals surface area contributed by atoms with E-state index in [1.165, 1.54) is 21.3 Å². The number of nitrogens with zero attached hydrogens (tertiary/aromatic N) is 5. The van der Waals surface area contributed by atoms with Crippen LogP contribution in [0.5, 0.6) is 0 Å². The minimum Gasteiger partial charge on any atom is -0.447 e. The number of sulfonamides is 1. The lowest BCUT2D eigenvalue weighted by Crippen LogP contribution is -2.49. The molecule has 142 valence electrons. The van der Waals surface area contributed by atoms with Crippen LogP contribution in [0.15, 0.2) is 47.6 Å². The molecule has 3 heterocycles. The first kappa shape index (κ1) is 17.7. The summed E-state index contributed by atoms with van der Waals surface area (Å²) in [6, 6.07) is 8.07. The molecule has 0 atom stereocenters. The number of benzene rings is 1. The summed E-state index contributed by atoms with van der Waals surface area (Å²) in [5, 5.41) is 0. The van der Waals surface area contributed by atoms with Crippen LogP contribution in [0, 0.1) is 0 Å². The molecule has 2 aliphatic heterocycles. The highest BCUT2D eigenvalue weighted by atomic mass is 32.2. The Labute approximate surface area is 157 Å². The second-order valence-electron chi connectivity index (χ2n) is 6.20. The Bertz CT molecular complexity index is 912. The number of rotatable bonds is 4. The lowest BCUT2D eigenvalue weighted by molar-refractivity contribution is 0.181. The SMILES string of the molecule is O=C1OCCN1c1ccc(S(=O)(=O)N2CCN(c3ncccn3)CC2)cc1. The molecule has 0 saturated carbocycles. The molecule has 2 fully saturated rings. The van der Waals surface area contributed by atoms with Crippen molar-refractivity contribution < 1.29 is 17.9 Å². The van der Waals surface area contributed by atoms with E-state index in [1.807, 2.05) is 4.90 Å². The summed E-state index contributed by atoms with van der Waals surface area (Å²) in [5.74, 6) is 0.608. The maximum atomic E-state index is 12.9. The Morgan fingerprint density at radius 1 is 0.926 bits per heavy atom. The van der Waals surface area contributed by atoms with Crippen LogP contribution in [0.25, 0.3) is 0 Å². The van der Waals surface area contributed by atoms with Crippen molar-refractivity contribution in [1.82, 2.24) is 14.3 Å². The van der Waals surface area contributed by atoms with Gasteiger partial charge >= 0.3 is 6.09 Å². The Kier molecular flexibility index (Phi) is 4.66. The van der Waals surface area contributed by atoms with Gasteiger partial charge in [-0.3, -0.25) is 4.90 Å². The Morgan fingerprint density at radius 3 is 2.19 bits per heavy atom. The molecule has 0 bridgehead atoms. The van der Waals surface area contributed by atoms with Gasteiger partial charge in [0.1, 0.15) is 6.61 Å². The van der Waals surface area contributed by atoms with Gasteiger partial charge in [-0.2, -0.15) is 4.31 Å². The average Bonchev–Trinajstić information content (AvgIpc) is 3.15. The van der Waals surface area contributed by atoms with Gasteiger partial charge in [-0.05, 0) is 30.3 Å². The van der Waals surface area contributed by atoms with Crippen LogP contribution >= 0.6 is 0 Å². The van der Waals surface area contributed by atoms with Crippen molar-refractivity contribution in [3.05, 3.63) is 42.7 Å². The first-order valence-electron chi connectivity index (χ1n) is 8.62. The fraction of sp³-hybridized carbons (Fsp3) is 0.353. The largest absolute Gasteiger partial charge is 0.447 e. The van der Waals surface area contributed by atoms with E-state index < -0.39 is 16.1 Å². The minimum absolute atomic E-state index is 0.211. The van der Waals surface area contributed by atoms with E-state index >= 15 is 0 Å². The first-order chi connectivity index (χ1) is 13.1. The van der Waals surface area contributed by atoms with Crippen LogP contribution in [-0.2, 0) is 14.8 Å². The third kappa shape index (κ3) is 3.45. The van der Waals surface area contributed by atoms with E-state index in [0.717, 1.165) is 0 Å².